The SMILES string of the molecule is COc1cc(OC(F)(F)F)cc(-n2nc(Cl)ccc2=O)c1. The maximum Gasteiger partial charge on any atom is 0.573 e. The van der Waals surface area contributed by atoms with Gasteiger partial charge in [-0.2, -0.15) is 9.78 Å². The van der Waals surface area contributed by atoms with E-state index in [0.717, 1.165) is 22.9 Å². The molecule has 0 saturated heterocycles. The number of nitrogens with zero attached hydrogens (tertiary/aromatic N) is 2. The predicted molar refractivity (Wildman–Crippen MR) is 68.1 cm³/mol. The topological polar surface area (TPSA) is 53.4 Å². The minimum atomic E-state index is -4.86. The molecule has 0 aliphatic heterocycles. The van der Waals surface area contributed by atoms with Crippen LogP contribution in [0.1, 0.15) is 0 Å². The van der Waals surface area contributed by atoms with Crippen molar-refractivity contribution in [2.24, 2.45) is 0 Å². The van der Waals surface area contributed by atoms with Gasteiger partial charge in [-0.3, -0.25) is 4.79 Å². The van der Waals surface area contributed by atoms with E-state index in [1.165, 1.54) is 19.2 Å². The highest BCUT2D eigenvalue weighted by Crippen LogP contribution is 2.29. The molecule has 0 bridgehead atoms. The Hall–Kier alpha value is -2.22. The maximum absolute atomic E-state index is 12.3. The standard InChI is InChI=1S/C12H8ClF3N2O3/c1-20-8-4-7(5-9(6-8)21-12(14,15)16)18-11(19)3-2-10(13)17-18/h2-6H,1H3. The van der Waals surface area contributed by atoms with E-state index in [0.29, 0.717) is 0 Å². The van der Waals surface area contributed by atoms with Crippen molar-refractivity contribution in [2.75, 3.05) is 7.11 Å². The number of aromatic nitrogens is 2. The molecule has 1 aromatic heterocycles. The van der Waals surface area contributed by atoms with Gasteiger partial charge in [0.25, 0.3) is 5.56 Å². The molecule has 0 spiro atoms. The molecular formula is C12H8ClF3N2O3. The minimum Gasteiger partial charge on any atom is -0.497 e. The number of rotatable bonds is 3. The van der Waals surface area contributed by atoms with Crippen molar-refractivity contribution in [3.8, 4) is 17.2 Å². The zero-order valence-electron chi connectivity index (χ0n) is 10.5. The fourth-order valence-electron chi connectivity index (χ4n) is 1.56. The molecule has 21 heavy (non-hydrogen) atoms. The van der Waals surface area contributed by atoms with Crippen LogP contribution in [0.15, 0.2) is 35.1 Å². The lowest BCUT2D eigenvalue weighted by Crippen LogP contribution is -2.21. The van der Waals surface area contributed by atoms with Gasteiger partial charge in [-0.05, 0) is 6.07 Å². The zero-order chi connectivity index (χ0) is 15.6. The quantitative estimate of drug-likeness (QED) is 0.872. The van der Waals surface area contributed by atoms with Gasteiger partial charge >= 0.3 is 6.36 Å². The van der Waals surface area contributed by atoms with Crippen LogP contribution in [0, 0.1) is 0 Å². The van der Waals surface area contributed by atoms with Gasteiger partial charge in [0.2, 0.25) is 0 Å². The van der Waals surface area contributed by atoms with Crippen molar-refractivity contribution in [1.29, 1.82) is 0 Å². The monoisotopic (exact) mass is 320 g/mol. The molecule has 1 heterocycles. The zero-order valence-corrected chi connectivity index (χ0v) is 11.3. The van der Waals surface area contributed by atoms with E-state index in [9.17, 15) is 18.0 Å². The van der Waals surface area contributed by atoms with Gasteiger partial charge in [-0.15, -0.1) is 13.2 Å². The van der Waals surface area contributed by atoms with Gasteiger partial charge in [0.1, 0.15) is 16.7 Å². The highest BCUT2D eigenvalue weighted by molar-refractivity contribution is 6.29. The van der Waals surface area contributed by atoms with Crippen LogP contribution in [0.2, 0.25) is 5.15 Å². The van der Waals surface area contributed by atoms with Crippen LogP contribution < -0.4 is 15.0 Å². The number of halogens is 4. The number of ether oxygens (including phenoxy) is 2. The van der Waals surface area contributed by atoms with E-state index in [1.807, 2.05) is 0 Å². The molecule has 0 saturated carbocycles. The lowest BCUT2D eigenvalue weighted by Gasteiger charge is -2.12. The summed E-state index contributed by atoms with van der Waals surface area (Å²) in [4.78, 5) is 11.7. The van der Waals surface area contributed by atoms with Crippen molar-refractivity contribution < 1.29 is 22.6 Å². The smallest absolute Gasteiger partial charge is 0.497 e. The Morgan fingerprint density at radius 2 is 1.86 bits per heavy atom. The number of hydrogen-bond donors (Lipinski definition) is 0. The lowest BCUT2D eigenvalue weighted by atomic mass is 10.2. The summed E-state index contributed by atoms with van der Waals surface area (Å²) < 4.78 is 46.4. The first-order valence-corrected chi connectivity index (χ1v) is 5.87. The molecule has 0 atom stereocenters. The van der Waals surface area contributed by atoms with Gasteiger partial charge in [0, 0.05) is 24.3 Å². The molecule has 5 nitrogen and oxygen atoms in total. The summed E-state index contributed by atoms with van der Waals surface area (Å²) in [6.45, 7) is 0. The van der Waals surface area contributed by atoms with Gasteiger partial charge in [0.05, 0.1) is 12.8 Å². The fraction of sp³-hybridized carbons (Fsp3) is 0.167. The van der Waals surface area contributed by atoms with E-state index in [1.54, 1.807) is 0 Å². The molecule has 0 N–H and O–H groups in total. The van der Waals surface area contributed by atoms with Gasteiger partial charge in [-0.1, -0.05) is 11.6 Å². The molecular weight excluding hydrogens is 313 g/mol. The Morgan fingerprint density at radius 3 is 2.48 bits per heavy atom. The molecule has 0 fully saturated rings. The average molecular weight is 321 g/mol. The lowest BCUT2D eigenvalue weighted by molar-refractivity contribution is -0.274. The normalized spacial score (nSPS) is 11.3. The first kappa shape index (κ1) is 15.2. The third-order valence-electron chi connectivity index (χ3n) is 2.35. The molecule has 0 aliphatic carbocycles. The summed E-state index contributed by atoms with van der Waals surface area (Å²) in [6.07, 6.45) is -4.86. The van der Waals surface area contributed by atoms with Crippen molar-refractivity contribution in [3.05, 3.63) is 45.8 Å². The van der Waals surface area contributed by atoms with Gasteiger partial charge in [0.15, 0.2) is 0 Å². The Labute approximate surface area is 121 Å². The second kappa shape index (κ2) is 5.65. The van der Waals surface area contributed by atoms with Crippen LogP contribution >= 0.6 is 11.6 Å². The largest absolute Gasteiger partial charge is 0.573 e. The average Bonchev–Trinajstić information content (AvgIpc) is 2.39. The number of hydrogen-bond acceptors (Lipinski definition) is 4. The molecule has 2 aromatic rings. The highest BCUT2D eigenvalue weighted by Gasteiger charge is 2.31. The summed E-state index contributed by atoms with van der Waals surface area (Å²) in [5.41, 5.74) is -0.535. The predicted octanol–water partition coefficient (Wildman–Crippen LogP) is 2.79. The molecule has 0 aliphatic rings. The molecule has 0 amide bonds. The number of alkyl halides is 3. The summed E-state index contributed by atoms with van der Waals surface area (Å²) in [6, 6.07) is 5.77. The summed E-state index contributed by atoms with van der Waals surface area (Å²) >= 11 is 5.67. The van der Waals surface area contributed by atoms with E-state index < -0.39 is 17.7 Å². The Morgan fingerprint density at radius 1 is 1.19 bits per heavy atom. The number of benzene rings is 1. The van der Waals surface area contributed by atoms with Crippen LogP contribution in [0.3, 0.4) is 0 Å². The first-order chi connectivity index (χ1) is 9.78. The van der Waals surface area contributed by atoms with Gasteiger partial charge < -0.3 is 9.47 Å². The Bertz CT molecular complexity index is 716. The van der Waals surface area contributed by atoms with Crippen LogP contribution in [-0.2, 0) is 0 Å². The van der Waals surface area contributed by atoms with Gasteiger partial charge in [-0.25, -0.2) is 0 Å². The van der Waals surface area contributed by atoms with Crippen molar-refractivity contribution in [2.45, 2.75) is 6.36 Å². The van der Waals surface area contributed by atoms with Crippen LogP contribution in [-0.4, -0.2) is 23.3 Å². The second-order valence-corrected chi connectivity index (χ2v) is 4.21. The van der Waals surface area contributed by atoms with Crippen LogP contribution in [0.4, 0.5) is 13.2 Å². The second-order valence-electron chi connectivity index (χ2n) is 3.82. The summed E-state index contributed by atoms with van der Waals surface area (Å²) in [5, 5.41) is 3.74. The minimum absolute atomic E-state index is 0.00992. The molecule has 112 valence electrons. The summed E-state index contributed by atoms with van der Waals surface area (Å²) in [5.74, 6) is -0.467. The van der Waals surface area contributed by atoms with E-state index in [-0.39, 0.29) is 16.6 Å². The Kier molecular flexibility index (Phi) is 4.08. The maximum atomic E-state index is 12.3. The molecule has 0 unspecified atom stereocenters. The molecule has 0 radical (unpaired) electrons. The summed E-state index contributed by atoms with van der Waals surface area (Å²) in [7, 11) is 1.27. The van der Waals surface area contributed by atoms with E-state index >= 15 is 0 Å². The number of methoxy groups -OCH3 is 1. The molecule has 1 aromatic carbocycles. The van der Waals surface area contributed by atoms with Crippen molar-refractivity contribution in [3.63, 3.8) is 0 Å². The third kappa shape index (κ3) is 3.88. The Balaban J connectivity index is 2.55. The van der Waals surface area contributed by atoms with E-state index in [2.05, 4.69) is 9.84 Å². The first-order valence-electron chi connectivity index (χ1n) is 5.49. The molecule has 9 heteroatoms. The fourth-order valence-corrected chi connectivity index (χ4v) is 1.70. The van der Waals surface area contributed by atoms with Crippen molar-refractivity contribution >= 4 is 11.6 Å². The van der Waals surface area contributed by atoms with Crippen LogP contribution in [0.5, 0.6) is 11.5 Å². The highest BCUT2D eigenvalue weighted by atomic mass is 35.5. The molecule has 2 rings (SSSR count). The third-order valence-corrected chi connectivity index (χ3v) is 2.55. The van der Waals surface area contributed by atoms with Crippen molar-refractivity contribution in [1.82, 2.24) is 9.78 Å². The van der Waals surface area contributed by atoms with Crippen LogP contribution in [0.25, 0.3) is 5.69 Å². The van der Waals surface area contributed by atoms with E-state index in [4.69, 9.17) is 16.3 Å².